The maximum Gasteiger partial charge on any atom is 0.254 e. The molecule has 0 radical (unpaired) electrons. The summed E-state index contributed by atoms with van der Waals surface area (Å²) in [7, 11) is 0. The average Bonchev–Trinajstić information content (AvgIpc) is 3.14. The highest BCUT2D eigenvalue weighted by Gasteiger charge is 2.23. The van der Waals surface area contributed by atoms with E-state index in [1.54, 1.807) is 35.4 Å². The standard InChI is InChI=1S/C19H19FN2O3/c20-16-2-1-15-11-22(7-4-13(15)9-16)19(23)14-3-6-21-18(10-14)25-17-5-8-24-12-17/h1-3,6,9-10,17H,4-5,7-8,11-12H2. The molecule has 25 heavy (non-hydrogen) atoms. The van der Waals surface area contributed by atoms with Gasteiger partial charge in [0.25, 0.3) is 5.91 Å². The summed E-state index contributed by atoms with van der Waals surface area (Å²) in [6.45, 7) is 2.31. The van der Waals surface area contributed by atoms with Crippen molar-refractivity contribution in [1.82, 2.24) is 9.88 Å². The molecule has 1 aromatic carbocycles. The third kappa shape index (κ3) is 3.49. The van der Waals surface area contributed by atoms with Crippen LogP contribution < -0.4 is 4.74 Å². The highest BCUT2D eigenvalue weighted by molar-refractivity contribution is 5.94. The molecule has 2 aromatic rings. The van der Waals surface area contributed by atoms with Crippen LogP contribution in [0.4, 0.5) is 4.39 Å². The number of rotatable bonds is 3. The lowest BCUT2D eigenvalue weighted by atomic mass is 9.99. The first kappa shape index (κ1) is 16.0. The third-order valence-corrected chi connectivity index (χ3v) is 4.62. The minimum absolute atomic E-state index is 0.00499. The van der Waals surface area contributed by atoms with Crippen LogP contribution in [0.1, 0.15) is 27.9 Å². The number of carbonyl (C=O) groups is 1. The molecule has 6 heteroatoms. The van der Waals surface area contributed by atoms with Crippen LogP contribution in [-0.4, -0.2) is 41.7 Å². The fourth-order valence-corrected chi connectivity index (χ4v) is 3.26. The molecule has 2 aliphatic heterocycles. The number of hydrogen-bond acceptors (Lipinski definition) is 4. The number of pyridine rings is 1. The maximum atomic E-state index is 13.3. The Morgan fingerprint density at radius 2 is 2.20 bits per heavy atom. The van der Waals surface area contributed by atoms with Crippen molar-refractivity contribution >= 4 is 5.91 Å². The van der Waals surface area contributed by atoms with Crippen LogP contribution >= 0.6 is 0 Å². The minimum Gasteiger partial charge on any atom is -0.472 e. The molecule has 130 valence electrons. The van der Waals surface area contributed by atoms with E-state index in [1.807, 2.05) is 0 Å². The van der Waals surface area contributed by atoms with Crippen LogP contribution in [-0.2, 0) is 17.7 Å². The summed E-state index contributed by atoms with van der Waals surface area (Å²) in [6, 6.07) is 8.13. The molecule has 4 rings (SSSR count). The molecule has 0 N–H and O–H groups in total. The second-order valence-corrected chi connectivity index (χ2v) is 6.38. The molecule has 0 aliphatic carbocycles. The first-order valence-corrected chi connectivity index (χ1v) is 8.46. The predicted octanol–water partition coefficient (Wildman–Crippen LogP) is 2.59. The second-order valence-electron chi connectivity index (χ2n) is 6.38. The van der Waals surface area contributed by atoms with Gasteiger partial charge in [0.1, 0.15) is 11.9 Å². The molecule has 1 amide bonds. The Bertz CT molecular complexity index is 790. The van der Waals surface area contributed by atoms with E-state index in [-0.39, 0.29) is 17.8 Å². The Hall–Kier alpha value is -2.47. The lowest BCUT2D eigenvalue weighted by Gasteiger charge is -2.29. The lowest BCUT2D eigenvalue weighted by Crippen LogP contribution is -2.36. The monoisotopic (exact) mass is 342 g/mol. The van der Waals surface area contributed by atoms with Crippen molar-refractivity contribution in [3.05, 3.63) is 59.0 Å². The summed E-state index contributed by atoms with van der Waals surface area (Å²) in [5.41, 5.74) is 2.52. The van der Waals surface area contributed by atoms with Crippen LogP contribution in [0.15, 0.2) is 36.5 Å². The van der Waals surface area contributed by atoms with Gasteiger partial charge in [-0.25, -0.2) is 9.37 Å². The van der Waals surface area contributed by atoms with Gasteiger partial charge in [-0.15, -0.1) is 0 Å². The molecule has 1 fully saturated rings. The topological polar surface area (TPSA) is 51.7 Å². The van der Waals surface area contributed by atoms with Crippen molar-refractivity contribution in [2.24, 2.45) is 0 Å². The van der Waals surface area contributed by atoms with E-state index in [9.17, 15) is 9.18 Å². The summed E-state index contributed by atoms with van der Waals surface area (Å²) in [5, 5.41) is 0. The number of hydrogen-bond donors (Lipinski definition) is 0. The van der Waals surface area contributed by atoms with Crippen molar-refractivity contribution in [1.29, 1.82) is 0 Å². The van der Waals surface area contributed by atoms with E-state index in [0.29, 0.717) is 44.2 Å². The molecule has 2 aliphatic rings. The number of carbonyl (C=O) groups excluding carboxylic acids is 1. The van der Waals surface area contributed by atoms with Crippen LogP contribution in [0.3, 0.4) is 0 Å². The molecule has 1 atom stereocenters. The van der Waals surface area contributed by atoms with E-state index in [4.69, 9.17) is 9.47 Å². The van der Waals surface area contributed by atoms with E-state index in [2.05, 4.69) is 4.98 Å². The second kappa shape index (κ2) is 6.80. The van der Waals surface area contributed by atoms with E-state index in [1.165, 1.54) is 6.07 Å². The quantitative estimate of drug-likeness (QED) is 0.860. The zero-order chi connectivity index (χ0) is 17.2. The fourth-order valence-electron chi connectivity index (χ4n) is 3.26. The molecule has 0 spiro atoms. The Morgan fingerprint density at radius 1 is 1.28 bits per heavy atom. The van der Waals surface area contributed by atoms with Crippen molar-refractivity contribution in [3.63, 3.8) is 0 Å². The number of aromatic nitrogens is 1. The number of halogens is 1. The van der Waals surface area contributed by atoms with Crippen molar-refractivity contribution in [2.75, 3.05) is 19.8 Å². The van der Waals surface area contributed by atoms with Crippen LogP contribution in [0.2, 0.25) is 0 Å². The number of amides is 1. The molecule has 0 bridgehead atoms. The van der Waals surface area contributed by atoms with Crippen LogP contribution in [0, 0.1) is 5.82 Å². The molecule has 3 heterocycles. The Morgan fingerprint density at radius 3 is 3.04 bits per heavy atom. The first-order valence-electron chi connectivity index (χ1n) is 8.46. The van der Waals surface area contributed by atoms with E-state index >= 15 is 0 Å². The van der Waals surface area contributed by atoms with E-state index < -0.39 is 0 Å². The highest BCUT2D eigenvalue weighted by Crippen LogP contribution is 2.23. The molecule has 1 saturated heterocycles. The van der Waals surface area contributed by atoms with Crippen molar-refractivity contribution < 1.29 is 18.7 Å². The molecular weight excluding hydrogens is 323 g/mol. The summed E-state index contributed by atoms with van der Waals surface area (Å²) < 4.78 is 24.4. The zero-order valence-corrected chi connectivity index (χ0v) is 13.8. The van der Waals surface area contributed by atoms with Crippen LogP contribution in [0.5, 0.6) is 5.88 Å². The largest absolute Gasteiger partial charge is 0.472 e. The molecule has 1 aromatic heterocycles. The SMILES string of the molecule is O=C(c1ccnc(OC2CCOC2)c1)N1CCc2cc(F)ccc2C1. The van der Waals surface area contributed by atoms with Gasteiger partial charge in [-0.1, -0.05) is 6.07 Å². The maximum absolute atomic E-state index is 13.3. The molecule has 1 unspecified atom stereocenters. The van der Waals surface area contributed by atoms with Crippen LogP contribution in [0.25, 0.3) is 0 Å². The van der Waals surface area contributed by atoms with Gasteiger partial charge in [-0.3, -0.25) is 4.79 Å². The van der Waals surface area contributed by atoms with Crippen molar-refractivity contribution in [2.45, 2.75) is 25.5 Å². The van der Waals surface area contributed by atoms with Gasteiger partial charge in [0, 0.05) is 37.3 Å². The minimum atomic E-state index is -0.231. The number of nitrogens with zero attached hydrogens (tertiary/aromatic N) is 2. The predicted molar refractivity (Wildman–Crippen MR) is 88.9 cm³/mol. The zero-order valence-electron chi connectivity index (χ0n) is 13.8. The smallest absolute Gasteiger partial charge is 0.254 e. The molecule has 0 saturated carbocycles. The summed E-state index contributed by atoms with van der Waals surface area (Å²) in [5.74, 6) is 0.149. The number of fused-ring (bicyclic) bond motifs is 1. The highest BCUT2D eigenvalue weighted by atomic mass is 19.1. The Balaban J connectivity index is 1.48. The third-order valence-electron chi connectivity index (χ3n) is 4.62. The van der Waals surface area contributed by atoms with Gasteiger partial charge >= 0.3 is 0 Å². The Labute approximate surface area is 145 Å². The Kier molecular flexibility index (Phi) is 4.36. The fraction of sp³-hybridized carbons (Fsp3) is 0.368. The normalized spacial score (nSPS) is 19.6. The van der Waals surface area contributed by atoms with Gasteiger partial charge < -0.3 is 14.4 Å². The molecule has 5 nitrogen and oxygen atoms in total. The summed E-state index contributed by atoms with van der Waals surface area (Å²) >= 11 is 0. The number of benzene rings is 1. The van der Waals surface area contributed by atoms with Gasteiger partial charge in [0.15, 0.2) is 0 Å². The van der Waals surface area contributed by atoms with Gasteiger partial charge in [-0.2, -0.15) is 0 Å². The summed E-state index contributed by atoms with van der Waals surface area (Å²) in [6.07, 6.45) is 3.08. The average molecular weight is 342 g/mol. The molecular formula is C19H19FN2O3. The number of ether oxygens (including phenoxy) is 2. The first-order chi connectivity index (χ1) is 12.2. The van der Waals surface area contributed by atoms with Gasteiger partial charge in [0.05, 0.1) is 13.2 Å². The van der Waals surface area contributed by atoms with Gasteiger partial charge in [-0.05, 0) is 35.7 Å². The van der Waals surface area contributed by atoms with E-state index in [0.717, 1.165) is 17.5 Å². The van der Waals surface area contributed by atoms with Gasteiger partial charge in [0.2, 0.25) is 5.88 Å². The lowest BCUT2D eigenvalue weighted by molar-refractivity contribution is 0.0733. The summed E-state index contributed by atoms with van der Waals surface area (Å²) in [4.78, 5) is 18.8. The van der Waals surface area contributed by atoms with Crippen molar-refractivity contribution in [3.8, 4) is 5.88 Å².